The van der Waals surface area contributed by atoms with Crippen LogP contribution in [0, 0.1) is 0 Å². The van der Waals surface area contributed by atoms with Gasteiger partial charge in [0.25, 0.3) is 0 Å². The average molecular weight is 283 g/mol. The van der Waals surface area contributed by atoms with E-state index in [4.69, 9.17) is 9.47 Å². The highest BCUT2D eigenvalue weighted by atomic mass is 79.9. The lowest BCUT2D eigenvalue weighted by molar-refractivity contribution is -0.127. The minimum absolute atomic E-state index is 0.351. The van der Waals surface area contributed by atoms with Gasteiger partial charge in [-0.1, -0.05) is 28.1 Å². The number of benzene rings is 1. The summed E-state index contributed by atoms with van der Waals surface area (Å²) in [5, 5.41) is 0. The Labute approximate surface area is 102 Å². The second kappa shape index (κ2) is 3.94. The quantitative estimate of drug-likeness (QED) is 0.741. The highest BCUT2D eigenvalue weighted by Crippen LogP contribution is 2.34. The van der Waals surface area contributed by atoms with E-state index in [-0.39, 0.29) is 5.97 Å². The predicted octanol–water partition coefficient (Wildman–Crippen LogP) is 3.34. The third-order valence-corrected chi connectivity index (χ3v) is 2.46. The Balaban J connectivity index is 2.57. The molecule has 0 radical (unpaired) electrons. The molecular weight excluding hydrogens is 272 g/mol. The summed E-state index contributed by atoms with van der Waals surface area (Å²) in [6.45, 7) is 3.42. The van der Waals surface area contributed by atoms with E-state index in [9.17, 15) is 4.79 Å². The summed E-state index contributed by atoms with van der Waals surface area (Å²) < 4.78 is 10.8. The van der Waals surface area contributed by atoms with Gasteiger partial charge in [0, 0.05) is 19.4 Å². The Bertz CT molecular complexity index is 463. The smallest absolute Gasteiger partial charge is 0.345 e. The summed E-state index contributed by atoms with van der Waals surface area (Å²) in [5.74, 6) is -0.698. The number of ether oxygens (including phenoxy) is 2. The van der Waals surface area contributed by atoms with Crippen molar-refractivity contribution in [3.05, 3.63) is 34.3 Å². The van der Waals surface area contributed by atoms with E-state index in [1.54, 1.807) is 31.0 Å². The fourth-order valence-corrected chi connectivity index (χ4v) is 1.86. The lowest BCUT2D eigenvalue weighted by atomic mass is 10.1. The molecule has 4 heteroatoms. The van der Waals surface area contributed by atoms with E-state index in [1.165, 1.54) is 0 Å². The van der Waals surface area contributed by atoms with Crippen molar-refractivity contribution in [2.45, 2.75) is 19.6 Å². The Kier molecular flexibility index (Phi) is 2.76. The van der Waals surface area contributed by atoms with Crippen molar-refractivity contribution in [3.63, 3.8) is 0 Å². The minimum atomic E-state index is -0.916. The highest BCUT2D eigenvalue weighted by Gasteiger charge is 2.34. The van der Waals surface area contributed by atoms with Crippen molar-refractivity contribution in [2.24, 2.45) is 0 Å². The molecule has 0 aromatic heterocycles. The lowest BCUT2D eigenvalue weighted by Crippen LogP contribution is -2.39. The molecule has 0 amide bonds. The molecule has 2 rings (SSSR count). The third kappa shape index (κ3) is 1.97. The van der Waals surface area contributed by atoms with Crippen molar-refractivity contribution in [1.82, 2.24) is 0 Å². The number of carbonyl (C=O) groups excluding carboxylic acids is 1. The van der Waals surface area contributed by atoms with E-state index in [1.807, 2.05) is 12.1 Å². The van der Waals surface area contributed by atoms with Crippen LogP contribution in [0.2, 0.25) is 0 Å². The SMILES string of the molecule is CC1(C)OC(=O)c2cccc(/C=C\Br)c2O1. The van der Waals surface area contributed by atoms with E-state index in [0.717, 1.165) is 5.56 Å². The molecule has 1 aromatic rings. The van der Waals surface area contributed by atoms with Crippen LogP contribution in [0.5, 0.6) is 5.75 Å². The second-order valence-corrected chi connectivity index (χ2v) is 4.44. The second-order valence-electron chi connectivity index (χ2n) is 3.91. The van der Waals surface area contributed by atoms with Crippen molar-refractivity contribution >= 4 is 28.0 Å². The van der Waals surface area contributed by atoms with Gasteiger partial charge in [0.1, 0.15) is 11.3 Å². The average Bonchev–Trinajstić information content (AvgIpc) is 2.18. The molecule has 0 spiro atoms. The van der Waals surface area contributed by atoms with E-state index in [2.05, 4.69) is 15.9 Å². The Hall–Kier alpha value is -1.29. The minimum Gasteiger partial charge on any atom is -0.451 e. The number of halogens is 1. The van der Waals surface area contributed by atoms with Gasteiger partial charge in [0.15, 0.2) is 0 Å². The van der Waals surface area contributed by atoms with Gasteiger partial charge in [0.05, 0.1) is 0 Å². The molecule has 0 saturated heterocycles. The van der Waals surface area contributed by atoms with Gasteiger partial charge in [0.2, 0.25) is 5.79 Å². The summed E-state index contributed by atoms with van der Waals surface area (Å²) in [5.41, 5.74) is 1.31. The fraction of sp³-hybridized carbons (Fsp3) is 0.250. The predicted molar refractivity (Wildman–Crippen MR) is 64.5 cm³/mol. The number of esters is 1. The molecule has 16 heavy (non-hydrogen) atoms. The van der Waals surface area contributed by atoms with Gasteiger partial charge < -0.3 is 9.47 Å². The first-order valence-electron chi connectivity index (χ1n) is 4.85. The summed E-state index contributed by atoms with van der Waals surface area (Å²) in [6.07, 6.45) is 1.83. The number of hydrogen-bond acceptors (Lipinski definition) is 3. The van der Waals surface area contributed by atoms with Crippen molar-refractivity contribution in [2.75, 3.05) is 0 Å². The standard InChI is InChI=1S/C12H11BrO3/c1-12(2)15-10-8(6-7-13)4-3-5-9(10)11(14)16-12/h3-7H,1-2H3/b7-6-. The molecule has 1 aliphatic heterocycles. The number of fused-ring (bicyclic) bond motifs is 1. The molecule has 0 bridgehead atoms. The summed E-state index contributed by atoms with van der Waals surface area (Å²) in [4.78, 5) is 13.4. The van der Waals surface area contributed by atoms with Crippen LogP contribution in [-0.2, 0) is 4.74 Å². The van der Waals surface area contributed by atoms with E-state index in [0.29, 0.717) is 11.3 Å². The topological polar surface area (TPSA) is 35.5 Å². The molecule has 3 nitrogen and oxygen atoms in total. The summed E-state index contributed by atoms with van der Waals surface area (Å²) in [6, 6.07) is 5.37. The van der Waals surface area contributed by atoms with Crippen LogP contribution in [0.3, 0.4) is 0 Å². The molecule has 0 saturated carbocycles. The number of hydrogen-bond donors (Lipinski definition) is 0. The number of cyclic esters (lactones) is 1. The largest absolute Gasteiger partial charge is 0.451 e. The molecule has 0 unspecified atom stereocenters. The Morgan fingerprint density at radius 2 is 2.06 bits per heavy atom. The van der Waals surface area contributed by atoms with Crippen LogP contribution < -0.4 is 4.74 Å². The van der Waals surface area contributed by atoms with Crippen molar-refractivity contribution in [3.8, 4) is 5.75 Å². The maximum atomic E-state index is 11.7. The molecule has 84 valence electrons. The monoisotopic (exact) mass is 282 g/mol. The van der Waals surface area contributed by atoms with Crippen molar-refractivity contribution < 1.29 is 14.3 Å². The zero-order valence-electron chi connectivity index (χ0n) is 8.99. The fourth-order valence-electron chi connectivity index (χ4n) is 1.57. The highest BCUT2D eigenvalue weighted by molar-refractivity contribution is 9.11. The number of rotatable bonds is 1. The molecule has 1 heterocycles. The van der Waals surface area contributed by atoms with Crippen LogP contribution in [0.4, 0.5) is 0 Å². The normalized spacial score (nSPS) is 17.8. The maximum absolute atomic E-state index is 11.7. The lowest BCUT2D eigenvalue weighted by Gasteiger charge is -2.32. The van der Waals surface area contributed by atoms with Gasteiger partial charge >= 0.3 is 5.97 Å². The molecule has 0 N–H and O–H groups in total. The van der Waals surface area contributed by atoms with Crippen LogP contribution >= 0.6 is 15.9 Å². The zero-order chi connectivity index (χ0) is 11.8. The molecule has 0 atom stereocenters. The molecule has 0 aliphatic carbocycles. The molecule has 1 aliphatic rings. The number of para-hydroxylation sites is 1. The van der Waals surface area contributed by atoms with E-state index < -0.39 is 5.79 Å². The van der Waals surface area contributed by atoms with Gasteiger partial charge in [-0.05, 0) is 17.1 Å². The van der Waals surface area contributed by atoms with Crippen molar-refractivity contribution in [1.29, 1.82) is 0 Å². The van der Waals surface area contributed by atoms with Crippen LogP contribution in [-0.4, -0.2) is 11.8 Å². The van der Waals surface area contributed by atoms with E-state index >= 15 is 0 Å². The van der Waals surface area contributed by atoms with Gasteiger partial charge in [-0.3, -0.25) is 0 Å². The first-order valence-corrected chi connectivity index (χ1v) is 5.77. The van der Waals surface area contributed by atoms with Gasteiger partial charge in [-0.15, -0.1) is 0 Å². The third-order valence-electron chi connectivity index (χ3n) is 2.19. The summed E-state index contributed by atoms with van der Waals surface area (Å²) in [7, 11) is 0. The first-order chi connectivity index (χ1) is 7.53. The molecular formula is C12H11BrO3. The Morgan fingerprint density at radius 1 is 1.31 bits per heavy atom. The van der Waals surface area contributed by atoms with Crippen LogP contribution in [0.1, 0.15) is 29.8 Å². The molecule has 1 aromatic carbocycles. The Morgan fingerprint density at radius 3 is 2.75 bits per heavy atom. The first kappa shape index (κ1) is 11.2. The summed E-state index contributed by atoms with van der Waals surface area (Å²) >= 11 is 3.21. The van der Waals surface area contributed by atoms with Gasteiger partial charge in [-0.2, -0.15) is 0 Å². The maximum Gasteiger partial charge on any atom is 0.345 e. The zero-order valence-corrected chi connectivity index (χ0v) is 10.6. The molecule has 0 fully saturated rings. The van der Waals surface area contributed by atoms with Gasteiger partial charge in [-0.25, -0.2) is 4.79 Å². The number of carbonyl (C=O) groups is 1. The van der Waals surface area contributed by atoms with Crippen LogP contribution in [0.25, 0.3) is 6.08 Å². The van der Waals surface area contributed by atoms with Crippen LogP contribution in [0.15, 0.2) is 23.2 Å².